The molecular weight excluding hydrogens is 254 g/mol. The number of ether oxygens (including phenoxy) is 1. The number of carboxylic acids is 1. The molecule has 1 atom stereocenters. The fourth-order valence-corrected chi connectivity index (χ4v) is 1.76. The summed E-state index contributed by atoms with van der Waals surface area (Å²) in [4.78, 5) is 11.2. The monoisotopic (exact) mass is 279 g/mol. The fourth-order valence-electron chi connectivity index (χ4n) is 1.76. The lowest BCUT2D eigenvalue weighted by atomic mass is 9.87. The van der Waals surface area contributed by atoms with Crippen LogP contribution >= 0.6 is 0 Å². The van der Waals surface area contributed by atoms with Gasteiger partial charge in [0.25, 0.3) is 0 Å². The van der Waals surface area contributed by atoms with Crippen LogP contribution in [0.25, 0.3) is 0 Å². The Morgan fingerprint density at radius 2 is 1.95 bits per heavy atom. The van der Waals surface area contributed by atoms with Crippen LogP contribution in [0.1, 0.15) is 39.7 Å². The van der Waals surface area contributed by atoms with Gasteiger partial charge in [0, 0.05) is 6.42 Å². The second kappa shape index (κ2) is 6.27. The molecule has 0 saturated carbocycles. The number of carboxylic acid groups (broad SMARTS) is 1. The minimum atomic E-state index is -0.957. The smallest absolute Gasteiger partial charge is 0.323 e. The number of nitrogens with one attached hydrogen (secondary N) is 1. The molecule has 20 heavy (non-hydrogen) atoms. The van der Waals surface area contributed by atoms with Crippen LogP contribution in [0.5, 0.6) is 5.75 Å². The zero-order chi connectivity index (χ0) is 15.4. The molecule has 1 unspecified atom stereocenters. The van der Waals surface area contributed by atoms with Gasteiger partial charge < -0.3 is 15.2 Å². The minimum absolute atomic E-state index is 0.0694. The zero-order valence-corrected chi connectivity index (χ0v) is 13.0. The summed E-state index contributed by atoms with van der Waals surface area (Å²) in [5, 5.41) is 12.0. The number of aliphatic carboxylic acids is 1. The van der Waals surface area contributed by atoms with E-state index in [2.05, 4.69) is 32.2 Å². The highest BCUT2D eigenvalue weighted by Gasteiger charge is 2.30. The highest BCUT2D eigenvalue weighted by molar-refractivity contribution is 5.78. The lowest BCUT2D eigenvalue weighted by Gasteiger charge is -2.24. The molecule has 1 rings (SSSR count). The zero-order valence-electron chi connectivity index (χ0n) is 13.0. The molecule has 0 heterocycles. The van der Waals surface area contributed by atoms with E-state index in [0.717, 1.165) is 5.75 Å². The van der Waals surface area contributed by atoms with Crippen molar-refractivity contribution in [3.05, 3.63) is 29.8 Å². The summed E-state index contributed by atoms with van der Waals surface area (Å²) < 4.78 is 5.69. The molecular formula is C16H25NO3. The van der Waals surface area contributed by atoms with Crippen molar-refractivity contribution >= 4 is 5.97 Å². The lowest BCUT2D eigenvalue weighted by molar-refractivity contribution is -0.144. The fraction of sp³-hybridized carbons (Fsp3) is 0.562. The standard InChI is InChI=1S/C16H25NO3/c1-15(2,3)12-7-6-8-13(11-12)20-10-9-16(4,17-5)14(18)19/h6-8,11,17H,9-10H2,1-5H3,(H,18,19). The maximum atomic E-state index is 11.2. The second-order valence-electron chi connectivity index (χ2n) is 6.26. The summed E-state index contributed by atoms with van der Waals surface area (Å²) >= 11 is 0. The third-order valence-corrected chi connectivity index (χ3v) is 3.59. The first-order valence-corrected chi connectivity index (χ1v) is 6.85. The first-order valence-electron chi connectivity index (χ1n) is 6.85. The molecule has 112 valence electrons. The van der Waals surface area contributed by atoms with Crippen molar-refractivity contribution < 1.29 is 14.6 Å². The third-order valence-electron chi connectivity index (χ3n) is 3.59. The van der Waals surface area contributed by atoms with E-state index in [4.69, 9.17) is 9.84 Å². The van der Waals surface area contributed by atoms with E-state index in [0.29, 0.717) is 13.0 Å². The molecule has 0 radical (unpaired) electrons. The van der Waals surface area contributed by atoms with Gasteiger partial charge in [-0.2, -0.15) is 0 Å². The Bertz CT molecular complexity index is 465. The highest BCUT2D eigenvalue weighted by Crippen LogP contribution is 2.25. The summed E-state index contributed by atoms with van der Waals surface area (Å²) in [5.74, 6) is -0.0895. The predicted molar refractivity (Wildman–Crippen MR) is 80.4 cm³/mol. The second-order valence-corrected chi connectivity index (χ2v) is 6.26. The molecule has 0 spiro atoms. The van der Waals surface area contributed by atoms with Crippen LogP contribution in [0.2, 0.25) is 0 Å². The molecule has 0 fully saturated rings. The maximum absolute atomic E-state index is 11.2. The topological polar surface area (TPSA) is 58.6 Å². The number of carbonyl (C=O) groups is 1. The van der Waals surface area contributed by atoms with Crippen LogP contribution < -0.4 is 10.1 Å². The molecule has 2 N–H and O–H groups in total. The van der Waals surface area contributed by atoms with Crippen molar-refractivity contribution in [2.75, 3.05) is 13.7 Å². The third kappa shape index (κ3) is 4.23. The van der Waals surface area contributed by atoms with Gasteiger partial charge in [0.2, 0.25) is 0 Å². The van der Waals surface area contributed by atoms with Crippen LogP contribution in [0, 0.1) is 0 Å². The van der Waals surface area contributed by atoms with E-state index < -0.39 is 11.5 Å². The van der Waals surface area contributed by atoms with Gasteiger partial charge in [-0.15, -0.1) is 0 Å². The quantitative estimate of drug-likeness (QED) is 0.840. The van der Waals surface area contributed by atoms with Crippen molar-refractivity contribution in [2.24, 2.45) is 0 Å². The summed E-state index contributed by atoms with van der Waals surface area (Å²) in [6.07, 6.45) is 0.401. The van der Waals surface area contributed by atoms with Gasteiger partial charge in [0.1, 0.15) is 11.3 Å². The van der Waals surface area contributed by atoms with Crippen molar-refractivity contribution in [3.63, 3.8) is 0 Å². The Morgan fingerprint density at radius 1 is 1.30 bits per heavy atom. The summed E-state index contributed by atoms with van der Waals surface area (Å²) in [6, 6.07) is 7.94. The van der Waals surface area contributed by atoms with Gasteiger partial charge in [-0.1, -0.05) is 32.9 Å². The van der Waals surface area contributed by atoms with Crippen LogP contribution in [-0.4, -0.2) is 30.3 Å². The molecule has 0 aliphatic carbocycles. The highest BCUT2D eigenvalue weighted by atomic mass is 16.5. The Morgan fingerprint density at radius 3 is 2.45 bits per heavy atom. The summed E-state index contributed by atoms with van der Waals surface area (Å²) in [7, 11) is 1.65. The Hall–Kier alpha value is -1.55. The van der Waals surface area contributed by atoms with Crippen molar-refractivity contribution in [2.45, 2.75) is 45.1 Å². The van der Waals surface area contributed by atoms with E-state index in [1.165, 1.54) is 5.56 Å². The van der Waals surface area contributed by atoms with E-state index in [-0.39, 0.29) is 5.41 Å². The summed E-state index contributed by atoms with van der Waals surface area (Å²) in [6.45, 7) is 8.46. The lowest BCUT2D eigenvalue weighted by Crippen LogP contribution is -2.48. The Labute approximate surface area is 121 Å². The van der Waals surface area contributed by atoms with Crippen molar-refractivity contribution in [3.8, 4) is 5.75 Å². The van der Waals surface area contributed by atoms with E-state index >= 15 is 0 Å². The molecule has 0 aromatic heterocycles. The van der Waals surface area contributed by atoms with Crippen LogP contribution in [-0.2, 0) is 10.2 Å². The van der Waals surface area contributed by atoms with E-state index in [1.807, 2.05) is 18.2 Å². The molecule has 0 aliphatic rings. The van der Waals surface area contributed by atoms with E-state index in [9.17, 15) is 4.79 Å². The number of benzene rings is 1. The van der Waals surface area contributed by atoms with Gasteiger partial charge in [0.15, 0.2) is 0 Å². The average molecular weight is 279 g/mol. The normalized spacial score (nSPS) is 14.7. The first-order chi connectivity index (χ1) is 9.19. The first kappa shape index (κ1) is 16.5. The molecule has 4 heteroatoms. The van der Waals surface area contributed by atoms with Crippen LogP contribution in [0.3, 0.4) is 0 Å². The van der Waals surface area contributed by atoms with Crippen LogP contribution in [0.4, 0.5) is 0 Å². The molecule has 0 saturated heterocycles. The van der Waals surface area contributed by atoms with Gasteiger partial charge >= 0.3 is 5.97 Å². The van der Waals surface area contributed by atoms with Crippen molar-refractivity contribution in [1.29, 1.82) is 0 Å². The van der Waals surface area contributed by atoms with Crippen LogP contribution in [0.15, 0.2) is 24.3 Å². The predicted octanol–water partition coefficient (Wildman–Crippen LogP) is 2.82. The van der Waals surface area contributed by atoms with Crippen molar-refractivity contribution in [1.82, 2.24) is 5.32 Å². The molecule has 1 aromatic carbocycles. The number of likely N-dealkylation sites (N-methyl/N-ethyl adjacent to an activating group) is 1. The molecule has 0 aliphatic heterocycles. The van der Waals surface area contributed by atoms with Gasteiger partial charge in [0.05, 0.1) is 6.61 Å². The van der Waals surface area contributed by atoms with Gasteiger partial charge in [-0.25, -0.2) is 0 Å². The SMILES string of the molecule is CNC(C)(CCOc1cccc(C(C)(C)C)c1)C(=O)O. The molecule has 1 aromatic rings. The molecule has 4 nitrogen and oxygen atoms in total. The number of hydrogen-bond donors (Lipinski definition) is 2. The number of rotatable bonds is 6. The van der Waals surface area contributed by atoms with Gasteiger partial charge in [-0.05, 0) is 37.1 Å². The minimum Gasteiger partial charge on any atom is -0.493 e. The largest absolute Gasteiger partial charge is 0.493 e. The molecule has 0 bridgehead atoms. The average Bonchev–Trinajstić information content (AvgIpc) is 2.37. The summed E-state index contributed by atoms with van der Waals surface area (Å²) in [5.41, 5.74) is 0.311. The Balaban J connectivity index is 2.65. The maximum Gasteiger partial charge on any atom is 0.323 e. The van der Waals surface area contributed by atoms with E-state index in [1.54, 1.807) is 14.0 Å². The number of hydrogen-bond acceptors (Lipinski definition) is 3. The van der Waals surface area contributed by atoms with Gasteiger partial charge in [-0.3, -0.25) is 4.79 Å². The molecule has 0 amide bonds. The Kier molecular flexibility index (Phi) is 5.17.